The van der Waals surface area contributed by atoms with E-state index in [0.29, 0.717) is 6.54 Å². The number of nitrogens with zero attached hydrogens (tertiary/aromatic N) is 1. The van der Waals surface area contributed by atoms with Crippen LogP contribution in [0.15, 0.2) is 12.7 Å². The summed E-state index contributed by atoms with van der Waals surface area (Å²) in [6.07, 6.45) is 2.88. The van der Waals surface area contributed by atoms with Crippen molar-refractivity contribution in [3.8, 4) is 11.8 Å². The summed E-state index contributed by atoms with van der Waals surface area (Å²) in [4.78, 5) is 0. The molecule has 2 fully saturated rings. The molecule has 4 rings (SSSR count). The van der Waals surface area contributed by atoms with Crippen LogP contribution in [0.5, 0.6) is 11.8 Å². The number of aromatic nitrogens is 1. The van der Waals surface area contributed by atoms with Crippen LogP contribution in [0.2, 0.25) is 0 Å². The molecule has 1 saturated carbocycles. The standard InChI is InChI=1S/C16H21NO3/c1-5-6-17-13(18)10-8-7-9(11(10)14(17)19)16(12(8)20-16)15(2,3)4/h5,8-9,12,18-19H,1,6-7H2,2-4H3. The van der Waals surface area contributed by atoms with Gasteiger partial charge in [0.15, 0.2) is 11.8 Å². The highest BCUT2D eigenvalue weighted by Crippen LogP contribution is 2.76. The molecule has 1 aromatic heterocycles. The Bertz CT molecular complexity index is 625. The van der Waals surface area contributed by atoms with Crippen molar-refractivity contribution in [2.75, 3.05) is 0 Å². The lowest BCUT2D eigenvalue weighted by Gasteiger charge is -2.32. The quantitative estimate of drug-likeness (QED) is 0.644. The minimum atomic E-state index is -0.158. The van der Waals surface area contributed by atoms with Crippen molar-refractivity contribution < 1.29 is 14.9 Å². The van der Waals surface area contributed by atoms with Crippen LogP contribution in [0, 0.1) is 5.41 Å². The number of ether oxygens (including phenoxy) is 1. The predicted octanol–water partition coefficient (Wildman–Crippen LogP) is 2.85. The van der Waals surface area contributed by atoms with Gasteiger partial charge in [-0.2, -0.15) is 0 Å². The summed E-state index contributed by atoms with van der Waals surface area (Å²) in [6, 6.07) is 0. The first-order chi connectivity index (χ1) is 9.34. The van der Waals surface area contributed by atoms with Gasteiger partial charge in [-0.05, 0) is 11.8 Å². The summed E-state index contributed by atoms with van der Waals surface area (Å²) >= 11 is 0. The zero-order chi connectivity index (χ0) is 14.4. The highest BCUT2D eigenvalue weighted by Gasteiger charge is 2.78. The molecule has 108 valence electrons. The third-order valence-corrected chi connectivity index (χ3v) is 5.55. The topological polar surface area (TPSA) is 57.9 Å². The van der Waals surface area contributed by atoms with E-state index in [1.165, 1.54) is 0 Å². The average molecular weight is 275 g/mol. The molecule has 3 aliphatic rings. The van der Waals surface area contributed by atoms with Crippen LogP contribution in [0.1, 0.15) is 50.2 Å². The maximum atomic E-state index is 10.5. The Labute approximate surface area is 118 Å². The molecule has 1 aromatic rings. The zero-order valence-corrected chi connectivity index (χ0v) is 12.2. The van der Waals surface area contributed by atoms with Gasteiger partial charge >= 0.3 is 0 Å². The van der Waals surface area contributed by atoms with Gasteiger partial charge in [0.1, 0.15) is 5.60 Å². The number of epoxide rings is 1. The first-order valence-corrected chi connectivity index (χ1v) is 7.27. The molecule has 1 aliphatic heterocycles. The van der Waals surface area contributed by atoms with E-state index in [4.69, 9.17) is 4.74 Å². The van der Waals surface area contributed by atoms with Crippen LogP contribution < -0.4 is 0 Å². The number of fused-ring (bicyclic) bond motifs is 8. The lowest BCUT2D eigenvalue weighted by atomic mass is 9.70. The van der Waals surface area contributed by atoms with Gasteiger partial charge in [0, 0.05) is 29.5 Å². The summed E-state index contributed by atoms with van der Waals surface area (Å²) in [5.41, 5.74) is 1.71. The average Bonchev–Trinajstić information content (AvgIpc) is 2.84. The van der Waals surface area contributed by atoms with Crippen molar-refractivity contribution in [2.24, 2.45) is 5.41 Å². The third kappa shape index (κ3) is 1.06. The van der Waals surface area contributed by atoms with Crippen molar-refractivity contribution in [3.05, 3.63) is 23.8 Å². The van der Waals surface area contributed by atoms with Crippen LogP contribution >= 0.6 is 0 Å². The maximum absolute atomic E-state index is 10.5. The second-order valence-electron chi connectivity index (χ2n) is 7.35. The molecule has 20 heavy (non-hydrogen) atoms. The second-order valence-corrected chi connectivity index (χ2v) is 7.35. The summed E-state index contributed by atoms with van der Waals surface area (Å²) in [6.45, 7) is 10.7. The Morgan fingerprint density at radius 1 is 1.35 bits per heavy atom. The van der Waals surface area contributed by atoms with E-state index in [1.807, 2.05) is 0 Å². The van der Waals surface area contributed by atoms with Gasteiger partial charge in [0.25, 0.3) is 0 Å². The van der Waals surface area contributed by atoms with Crippen molar-refractivity contribution in [3.63, 3.8) is 0 Å². The molecule has 0 amide bonds. The predicted molar refractivity (Wildman–Crippen MR) is 75.1 cm³/mol. The number of hydrogen-bond acceptors (Lipinski definition) is 3. The molecule has 4 atom stereocenters. The van der Waals surface area contributed by atoms with Crippen LogP contribution in [0.4, 0.5) is 0 Å². The van der Waals surface area contributed by atoms with Gasteiger partial charge in [-0.3, -0.25) is 4.57 Å². The lowest BCUT2D eigenvalue weighted by molar-refractivity contribution is 0.118. The van der Waals surface area contributed by atoms with Crippen LogP contribution in [0.25, 0.3) is 0 Å². The van der Waals surface area contributed by atoms with Crippen LogP contribution in [0.3, 0.4) is 0 Å². The van der Waals surface area contributed by atoms with Crippen molar-refractivity contribution in [1.29, 1.82) is 0 Å². The van der Waals surface area contributed by atoms with Gasteiger partial charge in [-0.15, -0.1) is 6.58 Å². The Hall–Kier alpha value is -1.42. The lowest BCUT2D eigenvalue weighted by Crippen LogP contribution is -2.36. The molecule has 4 nitrogen and oxygen atoms in total. The summed E-state index contributed by atoms with van der Waals surface area (Å²) in [7, 11) is 0. The van der Waals surface area contributed by atoms with E-state index in [1.54, 1.807) is 10.6 Å². The fraction of sp³-hybridized carbons (Fsp3) is 0.625. The molecule has 2 aliphatic carbocycles. The molecular formula is C16H21NO3. The first kappa shape index (κ1) is 12.3. The van der Waals surface area contributed by atoms with Crippen molar-refractivity contribution in [2.45, 2.75) is 57.3 Å². The fourth-order valence-corrected chi connectivity index (χ4v) is 4.76. The zero-order valence-electron chi connectivity index (χ0n) is 12.2. The Kier molecular flexibility index (Phi) is 2.00. The minimum Gasteiger partial charge on any atom is -0.494 e. The molecule has 1 saturated heterocycles. The maximum Gasteiger partial charge on any atom is 0.198 e. The molecule has 0 radical (unpaired) electrons. The molecule has 2 bridgehead atoms. The highest BCUT2D eigenvalue weighted by molar-refractivity contribution is 5.61. The summed E-state index contributed by atoms with van der Waals surface area (Å²) < 4.78 is 7.64. The molecule has 0 aromatic carbocycles. The van der Waals surface area contributed by atoms with E-state index in [0.717, 1.165) is 17.5 Å². The Morgan fingerprint density at radius 3 is 2.60 bits per heavy atom. The number of aromatic hydroxyl groups is 2. The van der Waals surface area contributed by atoms with E-state index in [2.05, 4.69) is 27.4 Å². The van der Waals surface area contributed by atoms with Gasteiger partial charge in [-0.1, -0.05) is 26.8 Å². The van der Waals surface area contributed by atoms with Gasteiger partial charge in [0.2, 0.25) is 0 Å². The Morgan fingerprint density at radius 2 is 2.00 bits per heavy atom. The number of rotatable bonds is 2. The number of hydrogen-bond donors (Lipinski definition) is 2. The first-order valence-electron chi connectivity index (χ1n) is 7.27. The molecular weight excluding hydrogens is 254 g/mol. The van der Waals surface area contributed by atoms with Gasteiger partial charge in [0.05, 0.1) is 6.10 Å². The molecule has 2 heterocycles. The highest BCUT2D eigenvalue weighted by atomic mass is 16.6. The fourth-order valence-electron chi connectivity index (χ4n) is 4.76. The largest absolute Gasteiger partial charge is 0.494 e. The molecule has 2 N–H and O–H groups in total. The van der Waals surface area contributed by atoms with Gasteiger partial charge in [-0.25, -0.2) is 0 Å². The monoisotopic (exact) mass is 275 g/mol. The molecule has 4 heteroatoms. The van der Waals surface area contributed by atoms with E-state index < -0.39 is 0 Å². The summed E-state index contributed by atoms with van der Waals surface area (Å²) in [5, 5.41) is 20.9. The molecule has 4 unspecified atom stereocenters. The van der Waals surface area contributed by atoms with Gasteiger partial charge < -0.3 is 14.9 Å². The minimum absolute atomic E-state index is 0.0391. The SMILES string of the molecule is C=CCn1c(O)c2c(c1O)C1CC2C2OC12C(C)(C)C. The Balaban J connectivity index is 1.88. The smallest absolute Gasteiger partial charge is 0.198 e. The van der Waals surface area contributed by atoms with Crippen molar-refractivity contribution in [1.82, 2.24) is 4.57 Å². The summed E-state index contributed by atoms with van der Waals surface area (Å²) in [5.74, 6) is 0.820. The molecule has 0 spiro atoms. The second kappa shape index (κ2) is 3.25. The van der Waals surface area contributed by atoms with Crippen LogP contribution in [-0.4, -0.2) is 26.5 Å². The number of allylic oxidation sites excluding steroid dienone is 1. The van der Waals surface area contributed by atoms with Crippen molar-refractivity contribution >= 4 is 0 Å². The van der Waals surface area contributed by atoms with E-state index in [-0.39, 0.29) is 40.7 Å². The normalized spacial score (nSPS) is 36.9. The van der Waals surface area contributed by atoms with Crippen LogP contribution in [-0.2, 0) is 11.3 Å². The van der Waals surface area contributed by atoms with E-state index >= 15 is 0 Å². The van der Waals surface area contributed by atoms with E-state index in [9.17, 15) is 10.2 Å². The third-order valence-electron chi connectivity index (χ3n) is 5.55.